The third-order valence-electron chi connectivity index (χ3n) is 3.86. The van der Waals surface area contributed by atoms with Gasteiger partial charge in [-0.1, -0.05) is 24.3 Å². The Bertz CT molecular complexity index is 399. The lowest BCUT2D eigenvalue weighted by Gasteiger charge is -2.44. The summed E-state index contributed by atoms with van der Waals surface area (Å²) in [5.74, 6) is 0. The highest BCUT2D eigenvalue weighted by Crippen LogP contribution is 2.40. The van der Waals surface area contributed by atoms with Crippen molar-refractivity contribution in [1.29, 1.82) is 0 Å². The maximum atomic E-state index is 6.21. The van der Waals surface area contributed by atoms with Crippen LogP contribution in [0.3, 0.4) is 0 Å². The van der Waals surface area contributed by atoms with Gasteiger partial charge in [0.15, 0.2) is 6.29 Å². The normalized spacial score (nSPS) is 32.4. The largest absolute Gasteiger partial charge is 0.355 e. The smallest absolute Gasteiger partial charge is 0.162 e. The average molecular weight is 233 g/mol. The standard InChI is InChI=1S/C14H19NO2/c1-16-13-9-11-5-2-3-6-12(11)14(17-13)7-4-8-15-10-14/h2-3,5-6,13,15H,4,7-10H2,1H3/t13-,14-/m1/s1. The van der Waals surface area contributed by atoms with Gasteiger partial charge in [0.1, 0.15) is 5.60 Å². The second-order valence-corrected chi connectivity index (χ2v) is 4.92. The Morgan fingerprint density at radius 3 is 3.06 bits per heavy atom. The molecule has 2 atom stereocenters. The van der Waals surface area contributed by atoms with Gasteiger partial charge in [-0.2, -0.15) is 0 Å². The highest BCUT2D eigenvalue weighted by molar-refractivity contribution is 5.35. The number of hydrogen-bond acceptors (Lipinski definition) is 3. The van der Waals surface area contributed by atoms with Crippen LogP contribution < -0.4 is 5.32 Å². The minimum Gasteiger partial charge on any atom is -0.355 e. The van der Waals surface area contributed by atoms with E-state index in [9.17, 15) is 0 Å². The lowest BCUT2D eigenvalue weighted by atomic mass is 9.81. The van der Waals surface area contributed by atoms with Crippen molar-refractivity contribution >= 4 is 0 Å². The average Bonchev–Trinajstić information content (AvgIpc) is 2.40. The molecule has 0 radical (unpaired) electrons. The molecule has 0 bridgehead atoms. The lowest BCUT2D eigenvalue weighted by molar-refractivity contribution is -0.218. The topological polar surface area (TPSA) is 30.5 Å². The summed E-state index contributed by atoms with van der Waals surface area (Å²) in [6.07, 6.45) is 2.99. The molecule has 1 spiro atoms. The molecular formula is C14H19NO2. The third-order valence-corrected chi connectivity index (χ3v) is 3.86. The monoisotopic (exact) mass is 233 g/mol. The molecular weight excluding hydrogens is 214 g/mol. The molecule has 0 unspecified atom stereocenters. The van der Waals surface area contributed by atoms with Crippen LogP contribution in [-0.4, -0.2) is 26.5 Å². The van der Waals surface area contributed by atoms with Crippen LogP contribution in [0, 0.1) is 0 Å². The quantitative estimate of drug-likeness (QED) is 0.802. The van der Waals surface area contributed by atoms with Crippen molar-refractivity contribution in [3.63, 3.8) is 0 Å². The van der Waals surface area contributed by atoms with Crippen molar-refractivity contribution in [3.05, 3.63) is 35.4 Å². The Kier molecular flexibility index (Phi) is 2.90. The van der Waals surface area contributed by atoms with E-state index in [1.807, 2.05) is 0 Å². The summed E-state index contributed by atoms with van der Waals surface area (Å²) in [6, 6.07) is 8.60. The maximum Gasteiger partial charge on any atom is 0.162 e. The molecule has 17 heavy (non-hydrogen) atoms. The molecule has 0 aromatic heterocycles. The summed E-state index contributed by atoms with van der Waals surface area (Å²) >= 11 is 0. The van der Waals surface area contributed by atoms with Gasteiger partial charge in [0.05, 0.1) is 0 Å². The first-order valence-electron chi connectivity index (χ1n) is 6.34. The molecule has 0 aliphatic carbocycles. The molecule has 1 fully saturated rings. The second kappa shape index (κ2) is 4.41. The molecule has 1 aromatic rings. The van der Waals surface area contributed by atoms with E-state index in [0.717, 1.165) is 32.4 Å². The summed E-state index contributed by atoms with van der Waals surface area (Å²) < 4.78 is 11.6. The lowest BCUT2D eigenvalue weighted by Crippen LogP contribution is -2.50. The van der Waals surface area contributed by atoms with E-state index >= 15 is 0 Å². The van der Waals surface area contributed by atoms with Crippen LogP contribution in [0.25, 0.3) is 0 Å². The number of ether oxygens (including phenoxy) is 2. The van der Waals surface area contributed by atoms with Gasteiger partial charge in [0.25, 0.3) is 0 Å². The molecule has 0 saturated carbocycles. The molecule has 2 aliphatic heterocycles. The zero-order valence-corrected chi connectivity index (χ0v) is 10.2. The van der Waals surface area contributed by atoms with Crippen molar-refractivity contribution < 1.29 is 9.47 Å². The molecule has 3 heteroatoms. The van der Waals surface area contributed by atoms with E-state index in [4.69, 9.17) is 9.47 Å². The zero-order chi connectivity index (χ0) is 11.7. The SMILES string of the molecule is CO[C@H]1Cc2ccccc2[C@]2(CCCNC2)O1. The van der Waals surface area contributed by atoms with E-state index in [-0.39, 0.29) is 11.9 Å². The number of hydrogen-bond donors (Lipinski definition) is 1. The summed E-state index contributed by atoms with van der Waals surface area (Å²) in [4.78, 5) is 0. The summed E-state index contributed by atoms with van der Waals surface area (Å²) in [7, 11) is 1.72. The minimum atomic E-state index is -0.173. The molecule has 0 amide bonds. The van der Waals surface area contributed by atoms with E-state index in [1.54, 1.807) is 7.11 Å². The fraction of sp³-hybridized carbons (Fsp3) is 0.571. The Balaban J connectivity index is 2.02. The van der Waals surface area contributed by atoms with E-state index < -0.39 is 0 Å². The van der Waals surface area contributed by atoms with Crippen molar-refractivity contribution in [3.8, 4) is 0 Å². The number of piperidine rings is 1. The van der Waals surface area contributed by atoms with E-state index in [2.05, 4.69) is 29.6 Å². The first-order valence-corrected chi connectivity index (χ1v) is 6.34. The van der Waals surface area contributed by atoms with Crippen molar-refractivity contribution in [2.75, 3.05) is 20.2 Å². The van der Waals surface area contributed by atoms with Crippen molar-refractivity contribution in [2.45, 2.75) is 31.2 Å². The van der Waals surface area contributed by atoms with Gasteiger partial charge in [-0.15, -0.1) is 0 Å². The van der Waals surface area contributed by atoms with Crippen LogP contribution in [0.5, 0.6) is 0 Å². The fourth-order valence-electron chi connectivity index (χ4n) is 3.02. The summed E-state index contributed by atoms with van der Waals surface area (Å²) in [5, 5.41) is 3.45. The number of benzene rings is 1. The highest BCUT2D eigenvalue weighted by atomic mass is 16.7. The van der Waals surface area contributed by atoms with Crippen LogP contribution in [0.1, 0.15) is 24.0 Å². The number of fused-ring (bicyclic) bond motifs is 2. The number of nitrogens with one attached hydrogen (secondary N) is 1. The maximum absolute atomic E-state index is 6.21. The third kappa shape index (κ3) is 1.88. The first-order chi connectivity index (χ1) is 8.34. The first kappa shape index (κ1) is 11.2. The van der Waals surface area contributed by atoms with Gasteiger partial charge < -0.3 is 14.8 Å². The Morgan fingerprint density at radius 1 is 1.41 bits per heavy atom. The van der Waals surface area contributed by atoms with Crippen LogP contribution in [0.2, 0.25) is 0 Å². The number of methoxy groups -OCH3 is 1. The van der Waals surface area contributed by atoms with E-state index in [1.165, 1.54) is 11.1 Å². The molecule has 3 nitrogen and oxygen atoms in total. The molecule has 1 aromatic carbocycles. The van der Waals surface area contributed by atoms with Gasteiger partial charge in [0.2, 0.25) is 0 Å². The molecule has 1 N–H and O–H groups in total. The molecule has 92 valence electrons. The van der Waals surface area contributed by atoms with Crippen LogP contribution in [0.15, 0.2) is 24.3 Å². The van der Waals surface area contributed by atoms with Gasteiger partial charge in [-0.3, -0.25) is 0 Å². The molecule has 1 saturated heterocycles. The summed E-state index contributed by atoms with van der Waals surface area (Å²) in [6.45, 7) is 1.98. The van der Waals surface area contributed by atoms with Gasteiger partial charge in [-0.05, 0) is 30.5 Å². The Hall–Kier alpha value is -0.900. The number of rotatable bonds is 1. The second-order valence-electron chi connectivity index (χ2n) is 4.92. The van der Waals surface area contributed by atoms with Crippen LogP contribution in [-0.2, 0) is 21.5 Å². The zero-order valence-electron chi connectivity index (χ0n) is 10.2. The highest BCUT2D eigenvalue weighted by Gasteiger charge is 2.42. The van der Waals surface area contributed by atoms with Gasteiger partial charge >= 0.3 is 0 Å². The van der Waals surface area contributed by atoms with Gasteiger partial charge in [0, 0.05) is 20.1 Å². The van der Waals surface area contributed by atoms with Gasteiger partial charge in [-0.25, -0.2) is 0 Å². The molecule has 2 aliphatic rings. The van der Waals surface area contributed by atoms with Crippen molar-refractivity contribution in [1.82, 2.24) is 5.32 Å². The minimum absolute atomic E-state index is 0.107. The Morgan fingerprint density at radius 2 is 2.29 bits per heavy atom. The predicted octanol–water partition coefficient (Wildman–Crippen LogP) is 1.81. The van der Waals surface area contributed by atoms with Crippen molar-refractivity contribution in [2.24, 2.45) is 0 Å². The van der Waals surface area contributed by atoms with E-state index in [0.29, 0.717) is 0 Å². The van der Waals surface area contributed by atoms with Crippen LogP contribution in [0.4, 0.5) is 0 Å². The summed E-state index contributed by atoms with van der Waals surface area (Å²) in [5.41, 5.74) is 2.54. The molecule has 3 rings (SSSR count). The predicted molar refractivity (Wildman–Crippen MR) is 65.8 cm³/mol. The fourth-order valence-corrected chi connectivity index (χ4v) is 3.02. The molecule has 2 heterocycles. The Labute approximate surface area is 102 Å². The van der Waals surface area contributed by atoms with Crippen LogP contribution >= 0.6 is 0 Å².